The lowest BCUT2D eigenvalue weighted by atomic mass is 10.2. The van der Waals surface area contributed by atoms with E-state index in [9.17, 15) is 4.79 Å². The van der Waals surface area contributed by atoms with Gasteiger partial charge in [-0.3, -0.25) is 4.79 Å². The van der Waals surface area contributed by atoms with E-state index in [1.54, 1.807) is 14.2 Å². The topological polar surface area (TPSA) is 35.5 Å². The Morgan fingerprint density at radius 3 is 1.57 bits per heavy atom. The molecule has 0 aliphatic heterocycles. The third kappa shape index (κ3) is 3.97. The molecule has 0 saturated carbocycles. The minimum atomic E-state index is -0.923. The van der Waals surface area contributed by atoms with Gasteiger partial charge in [0, 0.05) is 0 Å². The second-order valence-corrected chi connectivity index (χ2v) is 10.8. The van der Waals surface area contributed by atoms with Crippen LogP contribution in [0, 0.1) is 0 Å². The second kappa shape index (κ2) is 6.36. The van der Waals surface area contributed by atoms with Crippen molar-refractivity contribution >= 4 is 13.4 Å². The van der Waals surface area contributed by atoms with Crippen molar-refractivity contribution in [2.45, 2.75) is 51.9 Å². The Labute approximate surface area is 129 Å². The first-order valence-corrected chi connectivity index (χ1v) is 8.44. The molecule has 0 amide bonds. The molecule has 3 nitrogen and oxygen atoms in total. The van der Waals surface area contributed by atoms with Crippen LogP contribution >= 0.6 is 7.92 Å². The zero-order valence-corrected chi connectivity index (χ0v) is 15.3. The molecular formula is C17H27O3P. The Kier molecular flexibility index (Phi) is 5.44. The van der Waals surface area contributed by atoms with Gasteiger partial charge in [-0.15, -0.1) is 0 Å². The summed E-state index contributed by atoms with van der Waals surface area (Å²) in [6, 6.07) is 5.47. The van der Waals surface area contributed by atoms with E-state index in [-0.39, 0.29) is 15.8 Å². The van der Waals surface area contributed by atoms with Crippen LogP contribution in [0.3, 0.4) is 0 Å². The first-order chi connectivity index (χ1) is 9.54. The maximum Gasteiger partial charge on any atom is 0.192 e. The van der Waals surface area contributed by atoms with Crippen molar-refractivity contribution in [3.05, 3.63) is 23.8 Å². The van der Waals surface area contributed by atoms with E-state index >= 15 is 0 Å². The van der Waals surface area contributed by atoms with Gasteiger partial charge < -0.3 is 9.47 Å². The molecule has 0 saturated heterocycles. The number of hydrogen-bond donors (Lipinski definition) is 0. The molecule has 0 unspecified atom stereocenters. The number of carbonyl (C=O) groups is 1. The van der Waals surface area contributed by atoms with Crippen molar-refractivity contribution in [2.24, 2.45) is 0 Å². The van der Waals surface area contributed by atoms with Crippen LogP contribution in [0.15, 0.2) is 18.2 Å². The minimum Gasteiger partial charge on any atom is -0.496 e. The van der Waals surface area contributed by atoms with E-state index in [4.69, 9.17) is 9.47 Å². The Balaban J connectivity index is 3.48. The number of hydrogen-bond acceptors (Lipinski definition) is 3. The Bertz CT molecular complexity index is 473. The summed E-state index contributed by atoms with van der Waals surface area (Å²) in [6.45, 7) is 12.8. The molecule has 0 bridgehead atoms. The molecule has 0 aliphatic carbocycles. The molecule has 1 aromatic carbocycles. The molecule has 21 heavy (non-hydrogen) atoms. The molecular weight excluding hydrogens is 283 g/mol. The summed E-state index contributed by atoms with van der Waals surface area (Å²) in [5.41, 5.74) is 0.706. The molecule has 0 aliphatic rings. The van der Waals surface area contributed by atoms with Crippen LogP contribution in [-0.2, 0) is 0 Å². The zero-order chi connectivity index (χ0) is 16.4. The summed E-state index contributed by atoms with van der Waals surface area (Å²) in [4.78, 5) is 13.3. The van der Waals surface area contributed by atoms with Gasteiger partial charge in [0.15, 0.2) is 5.52 Å². The molecule has 0 aromatic heterocycles. The van der Waals surface area contributed by atoms with Crippen molar-refractivity contribution in [2.75, 3.05) is 14.2 Å². The van der Waals surface area contributed by atoms with E-state index in [1.807, 2.05) is 18.2 Å². The maximum atomic E-state index is 13.3. The van der Waals surface area contributed by atoms with Crippen LogP contribution in [-0.4, -0.2) is 30.1 Å². The fraction of sp³-hybridized carbons (Fsp3) is 0.588. The Morgan fingerprint density at radius 1 is 0.905 bits per heavy atom. The smallest absolute Gasteiger partial charge is 0.192 e. The highest BCUT2D eigenvalue weighted by molar-refractivity contribution is 7.78. The van der Waals surface area contributed by atoms with Crippen molar-refractivity contribution in [3.63, 3.8) is 0 Å². The van der Waals surface area contributed by atoms with Crippen molar-refractivity contribution in [1.82, 2.24) is 0 Å². The monoisotopic (exact) mass is 310 g/mol. The van der Waals surface area contributed by atoms with Gasteiger partial charge in [0.25, 0.3) is 0 Å². The normalized spacial score (nSPS) is 12.4. The minimum absolute atomic E-state index is 0.0868. The van der Waals surface area contributed by atoms with E-state index < -0.39 is 7.92 Å². The fourth-order valence-electron chi connectivity index (χ4n) is 2.79. The first-order valence-electron chi connectivity index (χ1n) is 7.09. The van der Waals surface area contributed by atoms with Crippen LogP contribution < -0.4 is 9.47 Å². The number of ether oxygens (including phenoxy) is 2. The molecule has 1 rings (SSSR count). The molecule has 1 aromatic rings. The standard InChI is InChI=1S/C17H27O3P/c1-16(2,3)21(17(4,5)6)15(18)14-12(19-7)10-9-11-13(14)20-8/h9-11H,1-8H3. The SMILES string of the molecule is COc1cccc(OC)c1C(=O)P(C(C)(C)C)C(C)(C)C. The third-order valence-corrected chi connectivity index (χ3v) is 6.50. The number of benzene rings is 1. The van der Waals surface area contributed by atoms with E-state index in [0.717, 1.165) is 0 Å². The van der Waals surface area contributed by atoms with Gasteiger partial charge >= 0.3 is 0 Å². The first kappa shape index (κ1) is 18.0. The Hall–Kier alpha value is -1.08. The summed E-state index contributed by atoms with van der Waals surface area (Å²) in [7, 11) is 2.25. The van der Waals surface area contributed by atoms with Crippen molar-refractivity contribution in [3.8, 4) is 11.5 Å². The Morgan fingerprint density at radius 2 is 1.29 bits per heavy atom. The van der Waals surface area contributed by atoms with Gasteiger partial charge in [0.2, 0.25) is 0 Å². The van der Waals surface area contributed by atoms with Crippen LogP contribution in [0.25, 0.3) is 0 Å². The lowest BCUT2D eigenvalue weighted by molar-refractivity contribution is 0.107. The molecule has 0 radical (unpaired) electrons. The lowest BCUT2D eigenvalue weighted by Crippen LogP contribution is -2.29. The fourth-order valence-corrected chi connectivity index (χ4v) is 6.46. The highest BCUT2D eigenvalue weighted by atomic mass is 31.1. The van der Waals surface area contributed by atoms with Crippen LogP contribution in [0.5, 0.6) is 11.5 Å². The van der Waals surface area contributed by atoms with Crippen molar-refractivity contribution in [1.29, 1.82) is 0 Å². The summed E-state index contributed by atoms with van der Waals surface area (Å²) in [5, 5.41) is -0.174. The predicted octanol–water partition coefficient (Wildman–Crippen LogP) is 4.92. The van der Waals surface area contributed by atoms with Gasteiger partial charge in [-0.2, -0.15) is 0 Å². The second-order valence-electron chi connectivity index (χ2n) is 7.02. The van der Waals surface area contributed by atoms with E-state index in [0.29, 0.717) is 17.1 Å². The van der Waals surface area contributed by atoms with Crippen LogP contribution in [0.1, 0.15) is 51.9 Å². The van der Waals surface area contributed by atoms with Gasteiger partial charge in [-0.05, 0) is 30.4 Å². The molecule has 118 valence electrons. The third-order valence-electron chi connectivity index (χ3n) is 3.19. The number of rotatable bonds is 4. The molecule has 0 spiro atoms. The quantitative estimate of drug-likeness (QED) is 0.740. The largest absolute Gasteiger partial charge is 0.496 e. The molecule has 0 fully saturated rings. The van der Waals surface area contributed by atoms with Crippen LogP contribution in [0.2, 0.25) is 0 Å². The molecule has 4 heteroatoms. The van der Waals surface area contributed by atoms with E-state index in [2.05, 4.69) is 41.5 Å². The lowest BCUT2D eigenvalue weighted by Gasteiger charge is -2.40. The summed E-state index contributed by atoms with van der Waals surface area (Å²) >= 11 is 0. The van der Waals surface area contributed by atoms with Gasteiger partial charge in [-0.1, -0.05) is 47.6 Å². The molecule has 0 heterocycles. The summed E-state index contributed by atoms with van der Waals surface area (Å²) in [5.74, 6) is 1.17. The maximum absolute atomic E-state index is 13.3. The molecule has 0 N–H and O–H groups in total. The average molecular weight is 310 g/mol. The summed E-state index contributed by atoms with van der Waals surface area (Å²) in [6.07, 6.45) is 0. The molecule has 0 atom stereocenters. The van der Waals surface area contributed by atoms with Gasteiger partial charge in [-0.25, -0.2) is 0 Å². The summed E-state index contributed by atoms with van der Waals surface area (Å²) < 4.78 is 10.8. The van der Waals surface area contributed by atoms with Gasteiger partial charge in [0.1, 0.15) is 17.1 Å². The zero-order valence-electron chi connectivity index (χ0n) is 14.4. The highest BCUT2D eigenvalue weighted by Crippen LogP contribution is 2.62. The number of methoxy groups -OCH3 is 2. The average Bonchev–Trinajstić information content (AvgIpc) is 2.33. The number of carbonyl (C=O) groups excluding carboxylic acids is 1. The van der Waals surface area contributed by atoms with Gasteiger partial charge in [0.05, 0.1) is 14.2 Å². The predicted molar refractivity (Wildman–Crippen MR) is 90.3 cm³/mol. The van der Waals surface area contributed by atoms with Crippen molar-refractivity contribution < 1.29 is 14.3 Å². The highest BCUT2D eigenvalue weighted by Gasteiger charge is 2.42. The van der Waals surface area contributed by atoms with E-state index in [1.165, 1.54) is 0 Å². The van der Waals surface area contributed by atoms with Crippen LogP contribution in [0.4, 0.5) is 0 Å².